The van der Waals surface area contributed by atoms with Gasteiger partial charge in [-0.05, 0) is 59.3 Å². The Morgan fingerprint density at radius 1 is 1.19 bits per heavy atom. The molecule has 2 aromatic carbocycles. The number of nitrogens with one attached hydrogen (secondary N) is 2. The van der Waals surface area contributed by atoms with Crippen molar-refractivity contribution in [3.05, 3.63) is 82.2 Å². The second kappa shape index (κ2) is 11.7. The predicted molar refractivity (Wildman–Crippen MR) is 134 cm³/mol. The first-order valence-corrected chi connectivity index (χ1v) is 11.7. The van der Waals surface area contributed by atoms with Gasteiger partial charge in [0.2, 0.25) is 0 Å². The number of hydrogen-bond donors (Lipinski definition) is 2. The molecule has 0 atom stereocenters. The van der Waals surface area contributed by atoms with E-state index < -0.39 is 0 Å². The highest BCUT2D eigenvalue weighted by Crippen LogP contribution is 2.18. The molecule has 0 aliphatic rings. The van der Waals surface area contributed by atoms with Crippen molar-refractivity contribution in [2.75, 3.05) is 11.1 Å². The first-order valence-electron chi connectivity index (χ1n) is 9.60. The molecule has 9 heteroatoms. The number of hydrazone groups is 1. The Kier molecular flexibility index (Phi) is 8.65. The first kappa shape index (κ1) is 23.0. The molecule has 1 aromatic heterocycles. The van der Waals surface area contributed by atoms with E-state index in [-0.39, 0.29) is 11.7 Å². The largest absolute Gasteiger partial charge is 0.378 e. The van der Waals surface area contributed by atoms with E-state index in [2.05, 4.69) is 55.2 Å². The van der Waals surface area contributed by atoms with Gasteiger partial charge >= 0.3 is 0 Å². The summed E-state index contributed by atoms with van der Waals surface area (Å²) in [6.45, 7) is 6.76. The second-order valence-electron chi connectivity index (χ2n) is 6.55. The van der Waals surface area contributed by atoms with Crippen LogP contribution in [0.4, 0.5) is 5.69 Å². The third kappa shape index (κ3) is 6.93. The number of hydrogen-bond acceptors (Lipinski definition) is 6. The maximum Gasteiger partial charge on any atom is 0.250 e. The third-order valence-corrected chi connectivity index (χ3v) is 5.96. The summed E-state index contributed by atoms with van der Waals surface area (Å²) in [5.74, 6) is 0.761. The molecule has 3 rings (SSSR count). The number of carbonyl (C=O) groups excluding carboxylic acids is 1. The van der Waals surface area contributed by atoms with E-state index in [1.54, 1.807) is 6.08 Å². The highest BCUT2D eigenvalue weighted by molar-refractivity contribution is 14.1. The molecule has 3 aromatic rings. The number of nitrogens with zero attached hydrogens (tertiary/aromatic N) is 4. The topological polar surface area (TPSA) is 84.2 Å². The molecule has 0 aliphatic heterocycles. The van der Waals surface area contributed by atoms with Gasteiger partial charge < -0.3 is 9.88 Å². The van der Waals surface area contributed by atoms with Crippen molar-refractivity contribution in [2.24, 2.45) is 5.10 Å². The molecule has 0 bridgehead atoms. The van der Waals surface area contributed by atoms with Gasteiger partial charge in [0.1, 0.15) is 0 Å². The summed E-state index contributed by atoms with van der Waals surface area (Å²) in [5.41, 5.74) is 5.32. The van der Waals surface area contributed by atoms with E-state index in [0.717, 1.165) is 22.8 Å². The lowest BCUT2D eigenvalue weighted by Crippen LogP contribution is -2.21. The fourth-order valence-electron chi connectivity index (χ4n) is 2.67. The van der Waals surface area contributed by atoms with E-state index in [1.807, 2.05) is 66.1 Å². The zero-order valence-electron chi connectivity index (χ0n) is 17.1. The standard InChI is InChI=1S/C22H23IN6OS/c1-3-13-29-20(14-24-19-11-9-18(23)10-12-19)26-28-22(29)31-15-21(30)27-25-16(2)17-7-5-4-6-8-17/h3-12,24H,1,13-15H2,2H3,(H,27,30)/b25-16-. The van der Waals surface area contributed by atoms with Gasteiger partial charge in [-0.3, -0.25) is 4.79 Å². The van der Waals surface area contributed by atoms with Crippen LogP contribution in [0.15, 0.2) is 77.5 Å². The fourth-order valence-corrected chi connectivity index (χ4v) is 3.79. The number of halogens is 1. The van der Waals surface area contributed by atoms with Gasteiger partial charge in [0.15, 0.2) is 11.0 Å². The van der Waals surface area contributed by atoms with Crippen LogP contribution in [0.3, 0.4) is 0 Å². The van der Waals surface area contributed by atoms with Crippen LogP contribution < -0.4 is 10.7 Å². The molecule has 0 spiro atoms. The predicted octanol–water partition coefficient (Wildman–Crippen LogP) is 4.31. The smallest absolute Gasteiger partial charge is 0.250 e. The monoisotopic (exact) mass is 546 g/mol. The number of thioether (sulfide) groups is 1. The molecule has 2 N–H and O–H groups in total. The highest BCUT2D eigenvalue weighted by Gasteiger charge is 2.13. The van der Waals surface area contributed by atoms with Crippen molar-refractivity contribution in [3.8, 4) is 0 Å². The number of anilines is 1. The lowest BCUT2D eigenvalue weighted by Gasteiger charge is -2.09. The summed E-state index contributed by atoms with van der Waals surface area (Å²) in [4.78, 5) is 12.2. The van der Waals surface area contributed by atoms with Gasteiger partial charge in [-0.1, -0.05) is 48.2 Å². The number of carbonyl (C=O) groups is 1. The van der Waals surface area contributed by atoms with Crippen molar-refractivity contribution in [2.45, 2.75) is 25.2 Å². The minimum absolute atomic E-state index is 0.186. The molecule has 0 fully saturated rings. The molecule has 0 aliphatic carbocycles. The summed E-state index contributed by atoms with van der Waals surface area (Å²) < 4.78 is 3.13. The molecule has 7 nitrogen and oxygen atoms in total. The maximum atomic E-state index is 12.2. The third-order valence-electron chi connectivity index (χ3n) is 4.27. The average molecular weight is 546 g/mol. The van der Waals surface area contributed by atoms with Crippen molar-refractivity contribution < 1.29 is 4.79 Å². The Morgan fingerprint density at radius 3 is 2.65 bits per heavy atom. The number of aromatic nitrogens is 3. The molecule has 0 saturated carbocycles. The molecular weight excluding hydrogens is 523 g/mol. The van der Waals surface area contributed by atoms with Crippen molar-refractivity contribution in [1.82, 2.24) is 20.2 Å². The normalized spacial score (nSPS) is 11.2. The van der Waals surface area contributed by atoms with Gasteiger partial charge in [0.25, 0.3) is 5.91 Å². The Bertz CT molecular complexity index is 1050. The van der Waals surface area contributed by atoms with E-state index in [1.165, 1.54) is 15.3 Å². The van der Waals surface area contributed by atoms with Crippen LogP contribution in [0.25, 0.3) is 0 Å². The van der Waals surface area contributed by atoms with Crippen LogP contribution in [0.2, 0.25) is 0 Å². The lowest BCUT2D eigenvalue weighted by atomic mass is 10.1. The van der Waals surface area contributed by atoms with Crippen molar-refractivity contribution in [3.63, 3.8) is 0 Å². The van der Waals surface area contributed by atoms with Gasteiger partial charge in [-0.15, -0.1) is 16.8 Å². The molecule has 160 valence electrons. The Morgan fingerprint density at radius 2 is 1.94 bits per heavy atom. The first-order chi connectivity index (χ1) is 15.1. The Labute approximate surface area is 199 Å². The summed E-state index contributed by atoms with van der Waals surface area (Å²) in [6.07, 6.45) is 1.79. The molecule has 0 radical (unpaired) electrons. The number of amides is 1. The van der Waals surface area contributed by atoms with E-state index in [9.17, 15) is 4.79 Å². The Hall–Kier alpha value is -2.66. The maximum absolute atomic E-state index is 12.2. The van der Waals surface area contributed by atoms with Crippen LogP contribution in [0.5, 0.6) is 0 Å². The number of allylic oxidation sites excluding steroid dienone is 1. The highest BCUT2D eigenvalue weighted by atomic mass is 127. The molecular formula is C22H23IN6OS. The summed E-state index contributed by atoms with van der Waals surface area (Å²) in [5, 5.41) is 16.7. The summed E-state index contributed by atoms with van der Waals surface area (Å²) in [7, 11) is 0. The van der Waals surface area contributed by atoms with Crippen LogP contribution >= 0.6 is 34.4 Å². The van der Waals surface area contributed by atoms with Crippen LogP contribution in [-0.4, -0.2) is 32.1 Å². The van der Waals surface area contributed by atoms with Gasteiger partial charge in [0, 0.05) is 15.8 Å². The van der Waals surface area contributed by atoms with E-state index in [4.69, 9.17) is 0 Å². The minimum atomic E-state index is -0.202. The van der Waals surface area contributed by atoms with Crippen molar-refractivity contribution in [1.29, 1.82) is 0 Å². The summed E-state index contributed by atoms with van der Waals surface area (Å²) >= 11 is 3.59. The molecule has 0 unspecified atom stereocenters. The SMILES string of the molecule is C=CCn1c(CNc2ccc(I)cc2)nnc1SCC(=O)N/N=C(/C)c1ccccc1. The molecule has 1 amide bonds. The van der Waals surface area contributed by atoms with Crippen LogP contribution in [0, 0.1) is 3.57 Å². The van der Waals surface area contributed by atoms with Crippen LogP contribution in [0.1, 0.15) is 18.3 Å². The number of benzene rings is 2. The average Bonchev–Trinajstić information content (AvgIpc) is 3.18. The van der Waals surface area contributed by atoms with Gasteiger partial charge in [-0.25, -0.2) is 5.43 Å². The van der Waals surface area contributed by atoms with Gasteiger partial charge in [-0.2, -0.15) is 5.10 Å². The minimum Gasteiger partial charge on any atom is -0.378 e. The van der Waals surface area contributed by atoms with Gasteiger partial charge in [0.05, 0.1) is 18.0 Å². The molecule has 1 heterocycles. The quantitative estimate of drug-likeness (QED) is 0.130. The number of rotatable bonds is 10. The van der Waals surface area contributed by atoms with Crippen LogP contribution in [-0.2, 0) is 17.9 Å². The summed E-state index contributed by atoms with van der Waals surface area (Å²) in [6, 6.07) is 17.8. The fraction of sp³-hybridized carbons (Fsp3) is 0.182. The molecule has 0 saturated heterocycles. The zero-order valence-corrected chi connectivity index (χ0v) is 20.1. The van der Waals surface area contributed by atoms with E-state index >= 15 is 0 Å². The second-order valence-corrected chi connectivity index (χ2v) is 8.73. The van der Waals surface area contributed by atoms with E-state index in [0.29, 0.717) is 18.2 Å². The Balaban J connectivity index is 1.57. The lowest BCUT2D eigenvalue weighted by molar-refractivity contribution is -0.118. The zero-order chi connectivity index (χ0) is 22.1. The molecule has 31 heavy (non-hydrogen) atoms. The van der Waals surface area contributed by atoms with Crippen molar-refractivity contribution >= 4 is 51.7 Å².